The fourth-order valence-electron chi connectivity index (χ4n) is 2.16. The van der Waals surface area contributed by atoms with E-state index in [-0.39, 0.29) is 0 Å². The van der Waals surface area contributed by atoms with E-state index in [0.717, 1.165) is 35.7 Å². The first-order valence-electron chi connectivity index (χ1n) is 7.39. The van der Waals surface area contributed by atoms with Crippen LogP contribution in [0.25, 0.3) is 11.3 Å². The molecule has 0 spiro atoms. The summed E-state index contributed by atoms with van der Waals surface area (Å²) in [4.78, 5) is 0. The Morgan fingerprint density at radius 3 is 2.55 bits per heavy atom. The molecule has 3 nitrogen and oxygen atoms in total. The average molecular weight is 274 g/mol. The number of furan rings is 1. The monoisotopic (exact) mass is 274 g/mol. The molecule has 3 heteroatoms. The molecule has 1 atom stereocenters. The van der Waals surface area contributed by atoms with Crippen molar-refractivity contribution in [2.75, 3.05) is 6.54 Å². The second-order valence-electron chi connectivity index (χ2n) is 5.20. The first kappa shape index (κ1) is 14.8. The van der Waals surface area contributed by atoms with Crippen LogP contribution < -0.4 is 5.32 Å². The minimum atomic E-state index is -0.427. The van der Waals surface area contributed by atoms with E-state index in [4.69, 9.17) is 4.42 Å². The van der Waals surface area contributed by atoms with E-state index >= 15 is 0 Å². The van der Waals surface area contributed by atoms with Crippen molar-refractivity contribution in [2.45, 2.75) is 39.3 Å². The number of benzene rings is 1. The lowest BCUT2D eigenvalue weighted by Gasteiger charge is -2.04. The lowest BCUT2D eigenvalue weighted by atomic mass is 10.1. The van der Waals surface area contributed by atoms with Crippen molar-refractivity contribution in [2.24, 2.45) is 0 Å². The van der Waals surface area contributed by atoms with Gasteiger partial charge in [-0.15, -0.1) is 0 Å². The number of hydrogen-bond acceptors (Lipinski definition) is 2. The Labute approximate surface area is 120 Å². The summed E-state index contributed by atoms with van der Waals surface area (Å²) in [6.07, 6.45) is 2.05. The summed E-state index contributed by atoms with van der Waals surface area (Å²) in [6, 6.07) is 11.9. The molecule has 1 heterocycles. The molecule has 0 fully saturated rings. The third-order valence-corrected chi connectivity index (χ3v) is 3.45. The highest BCUT2D eigenvalue weighted by atomic mass is 16.3. The quantitative estimate of drug-likeness (QED) is 0.763. The number of aliphatic hydroxyl groups excluding tert-OH is 1. The van der Waals surface area contributed by atoms with Crippen molar-refractivity contribution in [1.82, 2.24) is 0 Å². The standard InChI is InChI=1S/C17H23NO2/c1-3-4-11-18-12-16-9-10-17(20-16)15-7-5-14(6-8-15)13(2)19/h5-10,13,18-19H,3-4,11-12H2,1-2H3/p+1/t13-/m1/s1. The topological polar surface area (TPSA) is 50.0 Å². The summed E-state index contributed by atoms with van der Waals surface area (Å²) in [5.74, 6) is 1.90. The van der Waals surface area contributed by atoms with Gasteiger partial charge >= 0.3 is 0 Å². The molecule has 0 saturated carbocycles. The van der Waals surface area contributed by atoms with Crippen LogP contribution in [0.4, 0.5) is 0 Å². The Bertz CT molecular complexity index is 514. The summed E-state index contributed by atoms with van der Waals surface area (Å²) in [5, 5.41) is 11.8. The zero-order valence-corrected chi connectivity index (χ0v) is 12.3. The SMILES string of the molecule is CCCC[NH2+]Cc1ccc(-c2ccc([C@@H](C)O)cc2)o1. The molecule has 0 amide bonds. The first-order valence-corrected chi connectivity index (χ1v) is 7.39. The van der Waals surface area contributed by atoms with Crippen molar-refractivity contribution in [3.63, 3.8) is 0 Å². The van der Waals surface area contributed by atoms with Gasteiger partial charge in [-0.05, 0) is 31.0 Å². The van der Waals surface area contributed by atoms with Crippen LogP contribution in [-0.4, -0.2) is 11.7 Å². The maximum Gasteiger partial charge on any atom is 0.158 e. The molecule has 3 N–H and O–H groups in total. The van der Waals surface area contributed by atoms with Gasteiger partial charge in [0.1, 0.15) is 12.3 Å². The normalized spacial score (nSPS) is 12.6. The third-order valence-electron chi connectivity index (χ3n) is 3.45. The van der Waals surface area contributed by atoms with Gasteiger partial charge in [0, 0.05) is 5.56 Å². The molecule has 0 unspecified atom stereocenters. The molecule has 0 aliphatic carbocycles. The molecule has 0 saturated heterocycles. The van der Waals surface area contributed by atoms with E-state index in [1.54, 1.807) is 6.92 Å². The number of rotatable bonds is 7. The Balaban J connectivity index is 1.97. The van der Waals surface area contributed by atoms with Crippen LogP contribution in [-0.2, 0) is 6.54 Å². The van der Waals surface area contributed by atoms with E-state index in [1.165, 1.54) is 12.8 Å². The molecule has 2 aromatic rings. The van der Waals surface area contributed by atoms with Crippen LogP contribution in [0, 0.1) is 0 Å². The highest BCUT2D eigenvalue weighted by Gasteiger charge is 2.07. The van der Waals surface area contributed by atoms with Gasteiger partial charge in [0.05, 0.1) is 12.6 Å². The fourth-order valence-corrected chi connectivity index (χ4v) is 2.16. The maximum atomic E-state index is 9.50. The van der Waals surface area contributed by atoms with E-state index in [9.17, 15) is 5.11 Å². The van der Waals surface area contributed by atoms with Crippen molar-refractivity contribution < 1.29 is 14.8 Å². The molecule has 0 aliphatic heterocycles. The fraction of sp³-hybridized carbons (Fsp3) is 0.412. The van der Waals surface area contributed by atoms with E-state index in [1.807, 2.05) is 36.4 Å². The van der Waals surface area contributed by atoms with Crippen LogP contribution in [0.1, 0.15) is 44.1 Å². The largest absolute Gasteiger partial charge is 0.455 e. The van der Waals surface area contributed by atoms with E-state index in [2.05, 4.69) is 12.2 Å². The van der Waals surface area contributed by atoms with Gasteiger partial charge in [0.15, 0.2) is 5.76 Å². The molecule has 2 rings (SSSR count). The molecule has 0 radical (unpaired) electrons. The molecular weight excluding hydrogens is 250 g/mol. The zero-order valence-electron chi connectivity index (χ0n) is 12.3. The summed E-state index contributed by atoms with van der Waals surface area (Å²) in [7, 11) is 0. The van der Waals surface area contributed by atoms with Crippen molar-refractivity contribution >= 4 is 0 Å². The van der Waals surface area contributed by atoms with Gasteiger partial charge < -0.3 is 14.8 Å². The summed E-state index contributed by atoms with van der Waals surface area (Å²) in [5.41, 5.74) is 1.97. The second-order valence-corrected chi connectivity index (χ2v) is 5.20. The number of quaternary nitrogens is 1. The Hall–Kier alpha value is -1.58. The highest BCUT2D eigenvalue weighted by molar-refractivity contribution is 5.58. The van der Waals surface area contributed by atoms with E-state index in [0.29, 0.717) is 0 Å². The van der Waals surface area contributed by atoms with Crippen molar-refractivity contribution in [3.05, 3.63) is 47.7 Å². The molecule has 20 heavy (non-hydrogen) atoms. The Morgan fingerprint density at radius 1 is 1.15 bits per heavy atom. The molecular formula is C17H24NO2+. The molecule has 0 aliphatic rings. The van der Waals surface area contributed by atoms with Crippen LogP contribution in [0.15, 0.2) is 40.8 Å². The number of unbranched alkanes of at least 4 members (excludes halogenated alkanes) is 1. The smallest absolute Gasteiger partial charge is 0.158 e. The second kappa shape index (κ2) is 7.27. The molecule has 0 bridgehead atoms. The van der Waals surface area contributed by atoms with Gasteiger partial charge in [-0.3, -0.25) is 0 Å². The van der Waals surface area contributed by atoms with Crippen LogP contribution in [0.3, 0.4) is 0 Å². The van der Waals surface area contributed by atoms with Gasteiger partial charge in [0.2, 0.25) is 0 Å². The van der Waals surface area contributed by atoms with Gasteiger partial charge in [-0.25, -0.2) is 0 Å². The lowest BCUT2D eigenvalue weighted by Crippen LogP contribution is -2.82. The minimum absolute atomic E-state index is 0.427. The maximum absolute atomic E-state index is 9.50. The Morgan fingerprint density at radius 2 is 1.90 bits per heavy atom. The highest BCUT2D eigenvalue weighted by Crippen LogP contribution is 2.23. The summed E-state index contributed by atoms with van der Waals surface area (Å²) < 4.78 is 5.86. The molecule has 1 aromatic carbocycles. The number of aliphatic hydroxyl groups is 1. The van der Waals surface area contributed by atoms with Crippen molar-refractivity contribution in [1.29, 1.82) is 0 Å². The average Bonchev–Trinajstić information content (AvgIpc) is 2.92. The predicted octanol–water partition coefficient (Wildman–Crippen LogP) is 2.86. The minimum Gasteiger partial charge on any atom is -0.455 e. The number of hydrogen-bond donors (Lipinski definition) is 2. The Kier molecular flexibility index (Phi) is 5.39. The molecule has 108 valence electrons. The van der Waals surface area contributed by atoms with Crippen LogP contribution in [0.5, 0.6) is 0 Å². The number of nitrogens with two attached hydrogens (primary N) is 1. The van der Waals surface area contributed by atoms with Gasteiger partial charge in [-0.1, -0.05) is 37.6 Å². The summed E-state index contributed by atoms with van der Waals surface area (Å²) >= 11 is 0. The summed E-state index contributed by atoms with van der Waals surface area (Å²) in [6.45, 7) is 6.02. The molecule has 1 aromatic heterocycles. The van der Waals surface area contributed by atoms with Gasteiger partial charge in [0.25, 0.3) is 0 Å². The lowest BCUT2D eigenvalue weighted by molar-refractivity contribution is -0.672. The predicted molar refractivity (Wildman–Crippen MR) is 80.2 cm³/mol. The van der Waals surface area contributed by atoms with Crippen LogP contribution >= 0.6 is 0 Å². The zero-order chi connectivity index (χ0) is 14.4. The third kappa shape index (κ3) is 3.95. The van der Waals surface area contributed by atoms with Gasteiger partial charge in [-0.2, -0.15) is 0 Å². The van der Waals surface area contributed by atoms with E-state index < -0.39 is 6.10 Å². The first-order chi connectivity index (χ1) is 9.70. The van der Waals surface area contributed by atoms with Crippen molar-refractivity contribution in [3.8, 4) is 11.3 Å². The van der Waals surface area contributed by atoms with Crippen LogP contribution in [0.2, 0.25) is 0 Å².